The number of hydrogen-bond donors (Lipinski definition) is 1. The summed E-state index contributed by atoms with van der Waals surface area (Å²) >= 11 is 0. The number of rotatable bonds is 3. The average molecular weight is 302 g/mol. The van der Waals surface area contributed by atoms with Crippen molar-refractivity contribution in [3.05, 3.63) is 66.4 Å². The first kappa shape index (κ1) is 14.7. The van der Waals surface area contributed by atoms with Crippen molar-refractivity contribution in [3.8, 4) is 16.9 Å². The molecule has 0 aliphatic heterocycles. The molecule has 0 amide bonds. The van der Waals surface area contributed by atoms with E-state index in [9.17, 15) is 9.90 Å². The summed E-state index contributed by atoms with van der Waals surface area (Å²) < 4.78 is 0. The van der Waals surface area contributed by atoms with Crippen molar-refractivity contribution >= 4 is 18.4 Å². The highest BCUT2D eigenvalue weighted by Gasteiger charge is 2.19. The van der Waals surface area contributed by atoms with E-state index in [4.69, 9.17) is 0 Å². The number of nitrogens with zero attached hydrogens (tertiary/aromatic N) is 3. The summed E-state index contributed by atoms with van der Waals surface area (Å²) in [6.45, 7) is 0. The van der Waals surface area contributed by atoms with Crippen molar-refractivity contribution in [2.45, 2.75) is 0 Å². The number of hydrogen-bond acceptors (Lipinski definition) is 3. The molecule has 0 bridgehead atoms. The van der Waals surface area contributed by atoms with Crippen LogP contribution in [0.25, 0.3) is 16.9 Å². The van der Waals surface area contributed by atoms with Crippen molar-refractivity contribution in [1.29, 1.82) is 0 Å². The molecule has 0 fully saturated rings. The van der Waals surface area contributed by atoms with Crippen LogP contribution in [0.5, 0.6) is 0 Å². The normalized spacial score (nSPS) is 9.90. The summed E-state index contributed by atoms with van der Waals surface area (Å²) in [5.41, 5.74) is 1.76. The number of aromatic nitrogens is 3. The van der Waals surface area contributed by atoms with Crippen molar-refractivity contribution in [2.24, 2.45) is 0 Å². The summed E-state index contributed by atoms with van der Waals surface area (Å²) in [4.78, 5) is 12.7. The molecule has 0 spiro atoms. The van der Waals surface area contributed by atoms with Crippen molar-refractivity contribution in [3.63, 3.8) is 0 Å². The van der Waals surface area contributed by atoms with E-state index in [0.717, 1.165) is 11.3 Å². The molecule has 1 heterocycles. The molecule has 1 aromatic heterocycles. The molecule has 0 unspecified atom stereocenters. The van der Waals surface area contributed by atoms with Gasteiger partial charge < -0.3 is 5.11 Å². The Morgan fingerprint density at radius 1 is 0.905 bits per heavy atom. The monoisotopic (exact) mass is 301 g/mol. The van der Waals surface area contributed by atoms with Crippen LogP contribution in [-0.2, 0) is 0 Å². The summed E-state index contributed by atoms with van der Waals surface area (Å²) in [5, 5.41) is 17.6. The van der Waals surface area contributed by atoms with Gasteiger partial charge in [-0.15, -0.1) is 22.6 Å². The molecule has 0 atom stereocenters. The number of benzene rings is 2. The maximum absolute atomic E-state index is 11.3. The summed E-state index contributed by atoms with van der Waals surface area (Å²) in [6.07, 6.45) is 0. The second kappa shape index (κ2) is 6.19. The Morgan fingerprint density at radius 3 is 2.05 bits per heavy atom. The molecule has 1 N–H and O–H groups in total. The van der Waals surface area contributed by atoms with Gasteiger partial charge in [-0.3, -0.25) is 0 Å². The fourth-order valence-electron chi connectivity index (χ4n) is 1.92. The lowest BCUT2D eigenvalue weighted by Crippen LogP contribution is -2.02. The molecule has 3 aromatic rings. The van der Waals surface area contributed by atoms with Crippen LogP contribution in [0, 0.1) is 0 Å². The number of carboxylic acids is 1. The highest BCUT2D eigenvalue weighted by Crippen LogP contribution is 2.21. The summed E-state index contributed by atoms with van der Waals surface area (Å²) in [5.74, 6) is -1.09. The van der Waals surface area contributed by atoms with Gasteiger partial charge in [0.1, 0.15) is 5.69 Å². The highest BCUT2D eigenvalue weighted by atomic mass is 35.5. The zero-order chi connectivity index (χ0) is 13.9. The summed E-state index contributed by atoms with van der Waals surface area (Å²) in [7, 11) is 0. The van der Waals surface area contributed by atoms with E-state index < -0.39 is 5.97 Å². The molecule has 0 saturated heterocycles. The van der Waals surface area contributed by atoms with Crippen molar-refractivity contribution < 1.29 is 9.90 Å². The largest absolute Gasteiger partial charge is 0.476 e. The highest BCUT2D eigenvalue weighted by molar-refractivity contribution is 5.92. The van der Waals surface area contributed by atoms with Gasteiger partial charge in [0.2, 0.25) is 0 Å². The first-order valence-corrected chi connectivity index (χ1v) is 6.07. The number of para-hydroxylation sites is 1. The molecule has 0 aliphatic rings. The third-order valence-electron chi connectivity index (χ3n) is 2.85. The Hall–Kier alpha value is -2.66. The van der Waals surface area contributed by atoms with E-state index >= 15 is 0 Å². The van der Waals surface area contributed by atoms with Gasteiger partial charge in [0.05, 0.1) is 5.69 Å². The van der Waals surface area contributed by atoms with Gasteiger partial charge >= 0.3 is 5.97 Å². The van der Waals surface area contributed by atoms with Crippen LogP contribution in [0.2, 0.25) is 0 Å². The molecular weight excluding hydrogens is 290 g/mol. The number of carboxylic acid groups (broad SMARTS) is 1. The Bertz CT molecular complexity index is 742. The van der Waals surface area contributed by atoms with Crippen molar-refractivity contribution in [1.82, 2.24) is 15.0 Å². The Morgan fingerprint density at radius 2 is 1.48 bits per heavy atom. The average Bonchev–Trinajstić information content (AvgIpc) is 2.94. The zero-order valence-electron chi connectivity index (χ0n) is 10.9. The number of carbonyl (C=O) groups is 1. The standard InChI is InChI=1S/C15H11N3O2.ClH/c19-15(20)14-13(11-7-3-1-4-8-11)16-18(17-14)12-9-5-2-6-10-12;/h1-10H,(H,19,20);1H. The molecule has 0 saturated carbocycles. The molecule has 106 valence electrons. The van der Waals surface area contributed by atoms with E-state index in [0.29, 0.717) is 5.69 Å². The Balaban J connectivity index is 0.00000161. The van der Waals surface area contributed by atoms with Crippen LogP contribution in [0.3, 0.4) is 0 Å². The molecule has 5 nitrogen and oxygen atoms in total. The van der Waals surface area contributed by atoms with Crippen LogP contribution < -0.4 is 0 Å². The maximum atomic E-state index is 11.3. The molecule has 6 heteroatoms. The van der Waals surface area contributed by atoms with Crippen LogP contribution in [0.15, 0.2) is 60.7 Å². The van der Waals surface area contributed by atoms with Crippen LogP contribution in [-0.4, -0.2) is 26.1 Å². The van der Waals surface area contributed by atoms with E-state index in [2.05, 4.69) is 10.2 Å². The lowest BCUT2D eigenvalue weighted by molar-refractivity contribution is 0.0691. The van der Waals surface area contributed by atoms with Gasteiger partial charge in [0.25, 0.3) is 0 Å². The van der Waals surface area contributed by atoms with Crippen LogP contribution in [0.4, 0.5) is 0 Å². The minimum atomic E-state index is -1.09. The van der Waals surface area contributed by atoms with E-state index in [1.807, 2.05) is 60.7 Å². The van der Waals surface area contributed by atoms with E-state index in [-0.39, 0.29) is 18.1 Å². The smallest absolute Gasteiger partial charge is 0.358 e. The Kier molecular flexibility index (Phi) is 4.35. The Labute approximate surface area is 127 Å². The topological polar surface area (TPSA) is 68.0 Å². The first-order chi connectivity index (χ1) is 9.75. The second-order valence-corrected chi connectivity index (χ2v) is 4.19. The zero-order valence-corrected chi connectivity index (χ0v) is 11.7. The van der Waals surface area contributed by atoms with Gasteiger partial charge in [-0.2, -0.15) is 4.80 Å². The van der Waals surface area contributed by atoms with E-state index in [1.165, 1.54) is 4.80 Å². The molecule has 21 heavy (non-hydrogen) atoms. The first-order valence-electron chi connectivity index (χ1n) is 6.07. The second-order valence-electron chi connectivity index (χ2n) is 4.19. The molecular formula is C15H12ClN3O2. The fourth-order valence-corrected chi connectivity index (χ4v) is 1.92. The van der Waals surface area contributed by atoms with Gasteiger partial charge in [-0.25, -0.2) is 4.79 Å². The summed E-state index contributed by atoms with van der Waals surface area (Å²) in [6, 6.07) is 18.4. The predicted octanol–water partition coefficient (Wildman–Crippen LogP) is 3.05. The van der Waals surface area contributed by atoms with Crippen molar-refractivity contribution in [2.75, 3.05) is 0 Å². The minimum absolute atomic E-state index is 0. The maximum Gasteiger partial charge on any atom is 0.358 e. The predicted molar refractivity (Wildman–Crippen MR) is 81.0 cm³/mol. The quantitative estimate of drug-likeness (QED) is 0.807. The molecule has 0 aliphatic carbocycles. The number of aromatic carboxylic acids is 1. The third-order valence-corrected chi connectivity index (χ3v) is 2.85. The van der Waals surface area contributed by atoms with Crippen LogP contribution >= 0.6 is 12.4 Å². The molecule has 2 aromatic carbocycles. The minimum Gasteiger partial charge on any atom is -0.476 e. The third kappa shape index (κ3) is 2.93. The van der Waals surface area contributed by atoms with Crippen LogP contribution in [0.1, 0.15) is 10.5 Å². The van der Waals surface area contributed by atoms with Gasteiger partial charge in [0.15, 0.2) is 5.69 Å². The van der Waals surface area contributed by atoms with Gasteiger partial charge in [-0.05, 0) is 12.1 Å². The fraction of sp³-hybridized carbons (Fsp3) is 0. The van der Waals surface area contributed by atoms with Gasteiger partial charge in [0, 0.05) is 5.56 Å². The van der Waals surface area contributed by atoms with E-state index in [1.54, 1.807) is 0 Å². The molecule has 0 radical (unpaired) electrons. The molecule has 3 rings (SSSR count). The lowest BCUT2D eigenvalue weighted by atomic mass is 10.1. The SMILES string of the molecule is Cl.O=C(O)c1nn(-c2ccccc2)nc1-c1ccccc1. The van der Waals surface area contributed by atoms with Gasteiger partial charge in [-0.1, -0.05) is 48.5 Å². The lowest BCUT2D eigenvalue weighted by Gasteiger charge is -1.97. The number of halogens is 1.